The van der Waals surface area contributed by atoms with E-state index in [4.69, 9.17) is 9.47 Å². The summed E-state index contributed by atoms with van der Waals surface area (Å²) in [6.45, 7) is 4.38. The number of nitrogens with zero attached hydrogens (tertiary/aromatic N) is 2. The highest BCUT2D eigenvalue weighted by Crippen LogP contribution is 2.42. The quantitative estimate of drug-likeness (QED) is 0.727. The maximum Gasteiger partial charge on any atom is 0.255 e. The SMILES string of the molecule is O=C1CCC(N2Cc3cc(O[C@@H]4CCC[C@H]4N4CC5(COC5)C4)ccc3C2=O)C(=O)N1. The van der Waals surface area contributed by atoms with E-state index >= 15 is 0 Å². The van der Waals surface area contributed by atoms with Crippen LogP contribution in [0.5, 0.6) is 5.75 Å². The van der Waals surface area contributed by atoms with Gasteiger partial charge in [-0.3, -0.25) is 24.6 Å². The molecule has 5 aliphatic rings. The highest BCUT2D eigenvalue weighted by atomic mass is 16.5. The first-order valence-corrected chi connectivity index (χ1v) is 11.3. The van der Waals surface area contributed by atoms with Gasteiger partial charge in [-0.1, -0.05) is 0 Å². The first-order valence-electron chi connectivity index (χ1n) is 11.3. The van der Waals surface area contributed by atoms with Crippen molar-refractivity contribution in [1.82, 2.24) is 15.1 Å². The van der Waals surface area contributed by atoms with Gasteiger partial charge in [-0.05, 0) is 49.4 Å². The van der Waals surface area contributed by atoms with Crippen molar-refractivity contribution < 1.29 is 23.9 Å². The molecule has 1 unspecified atom stereocenters. The molecule has 3 saturated heterocycles. The Morgan fingerprint density at radius 1 is 1.10 bits per heavy atom. The lowest BCUT2D eigenvalue weighted by Crippen LogP contribution is -2.69. The van der Waals surface area contributed by atoms with Gasteiger partial charge in [0.25, 0.3) is 5.91 Å². The molecule has 3 amide bonds. The third-order valence-corrected chi connectivity index (χ3v) is 7.56. The first kappa shape index (κ1) is 19.3. The predicted octanol–water partition coefficient (Wildman–Crippen LogP) is 1.08. The Bertz CT molecular complexity index is 951. The van der Waals surface area contributed by atoms with Crippen LogP contribution in [0.15, 0.2) is 18.2 Å². The van der Waals surface area contributed by atoms with Gasteiger partial charge in [0, 0.05) is 43.1 Å². The van der Waals surface area contributed by atoms with Gasteiger partial charge in [0.05, 0.1) is 13.2 Å². The minimum Gasteiger partial charge on any atom is -0.489 e. The Hall–Kier alpha value is -2.45. The molecule has 4 fully saturated rings. The van der Waals surface area contributed by atoms with Crippen molar-refractivity contribution in [1.29, 1.82) is 0 Å². The molecule has 0 aromatic heterocycles. The number of carbonyl (C=O) groups is 3. The normalized spacial score (nSPS) is 31.9. The van der Waals surface area contributed by atoms with E-state index in [0.29, 0.717) is 30.0 Å². The van der Waals surface area contributed by atoms with Crippen LogP contribution in [0.1, 0.15) is 48.0 Å². The molecule has 3 atom stereocenters. The van der Waals surface area contributed by atoms with E-state index in [1.165, 1.54) is 6.42 Å². The summed E-state index contributed by atoms with van der Waals surface area (Å²) in [4.78, 5) is 40.7. The lowest BCUT2D eigenvalue weighted by Gasteiger charge is -2.57. The molecule has 1 aromatic rings. The van der Waals surface area contributed by atoms with Crippen molar-refractivity contribution in [2.75, 3.05) is 26.3 Å². The number of likely N-dealkylation sites (tertiary alicyclic amines) is 1. The van der Waals surface area contributed by atoms with Crippen LogP contribution in [0.4, 0.5) is 0 Å². The van der Waals surface area contributed by atoms with Crippen molar-refractivity contribution in [3.8, 4) is 5.75 Å². The van der Waals surface area contributed by atoms with Crippen LogP contribution in [-0.2, 0) is 20.9 Å². The fraction of sp³-hybridized carbons (Fsp3) is 0.609. The maximum atomic E-state index is 12.9. The standard InChI is InChI=1S/C23H27N3O5/c27-20-7-6-18(21(28)24-20)26-9-14-8-15(4-5-16(14)22(26)29)31-19-3-1-2-17(19)25-10-23(11-25)12-30-13-23/h4-5,8,17-19H,1-3,6-7,9-13H2,(H,24,27,28)/t17-,18?,19-/m1/s1. The number of imide groups is 1. The third-order valence-electron chi connectivity index (χ3n) is 7.56. The molecule has 164 valence electrons. The summed E-state index contributed by atoms with van der Waals surface area (Å²) in [7, 11) is 0. The Kier molecular flexibility index (Phi) is 4.37. The second kappa shape index (κ2) is 7.03. The number of carbonyl (C=O) groups excluding carboxylic acids is 3. The summed E-state index contributed by atoms with van der Waals surface area (Å²) in [5.74, 6) is -0.0174. The van der Waals surface area contributed by atoms with Crippen molar-refractivity contribution in [3.63, 3.8) is 0 Å². The number of hydrogen-bond acceptors (Lipinski definition) is 6. The zero-order chi connectivity index (χ0) is 21.2. The monoisotopic (exact) mass is 425 g/mol. The van der Waals surface area contributed by atoms with Crippen LogP contribution < -0.4 is 10.1 Å². The van der Waals surface area contributed by atoms with Gasteiger partial charge in [0.2, 0.25) is 11.8 Å². The minimum absolute atomic E-state index is 0.150. The van der Waals surface area contributed by atoms with Gasteiger partial charge in [-0.15, -0.1) is 0 Å². The van der Waals surface area contributed by atoms with E-state index in [0.717, 1.165) is 50.5 Å². The number of ether oxygens (including phenoxy) is 2. The second-order valence-corrected chi connectivity index (χ2v) is 9.77. The number of nitrogens with one attached hydrogen (secondary N) is 1. The molecule has 0 bridgehead atoms. The molecular weight excluding hydrogens is 398 g/mol. The van der Waals surface area contributed by atoms with Gasteiger partial charge < -0.3 is 14.4 Å². The van der Waals surface area contributed by atoms with Gasteiger partial charge >= 0.3 is 0 Å². The predicted molar refractivity (Wildman–Crippen MR) is 109 cm³/mol. The summed E-state index contributed by atoms with van der Waals surface area (Å²) in [6.07, 6.45) is 4.18. The molecule has 1 N–H and O–H groups in total. The van der Waals surface area contributed by atoms with Crippen LogP contribution in [0, 0.1) is 5.41 Å². The lowest BCUT2D eigenvalue weighted by atomic mass is 9.77. The van der Waals surface area contributed by atoms with E-state index in [9.17, 15) is 14.4 Å². The van der Waals surface area contributed by atoms with Crippen molar-refractivity contribution in [3.05, 3.63) is 29.3 Å². The molecule has 8 heteroatoms. The van der Waals surface area contributed by atoms with Gasteiger partial charge in [-0.2, -0.15) is 0 Å². The number of fused-ring (bicyclic) bond motifs is 1. The number of hydrogen-bond donors (Lipinski definition) is 1. The summed E-state index contributed by atoms with van der Waals surface area (Å²) < 4.78 is 11.8. The summed E-state index contributed by atoms with van der Waals surface area (Å²) in [5.41, 5.74) is 1.91. The number of amides is 3. The average molecular weight is 425 g/mol. The van der Waals surface area contributed by atoms with Crippen molar-refractivity contribution in [2.45, 2.75) is 56.8 Å². The van der Waals surface area contributed by atoms with Crippen LogP contribution in [0.2, 0.25) is 0 Å². The Balaban J connectivity index is 1.13. The molecule has 1 aliphatic carbocycles. The molecule has 1 saturated carbocycles. The average Bonchev–Trinajstić information content (AvgIpc) is 3.24. The van der Waals surface area contributed by atoms with E-state index < -0.39 is 6.04 Å². The molecule has 4 aliphatic heterocycles. The number of benzene rings is 1. The van der Waals surface area contributed by atoms with E-state index in [-0.39, 0.29) is 30.2 Å². The summed E-state index contributed by atoms with van der Waals surface area (Å²) in [5, 5.41) is 2.34. The minimum atomic E-state index is -0.588. The molecule has 8 nitrogen and oxygen atoms in total. The van der Waals surface area contributed by atoms with Gasteiger partial charge in [-0.25, -0.2) is 0 Å². The largest absolute Gasteiger partial charge is 0.489 e. The van der Waals surface area contributed by atoms with Crippen LogP contribution >= 0.6 is 0 Å². The highest BCUT2D eigenvalue weighted by molar-refractivity contribution is 6.05. The first-order chi connectivity index (χ1) is 15.0. The zero-order valence-electron chi connectivity index (χ0n) is 17.5. The fourth-order valence-corrected chi connectivity index (χ4v) is 5.88. The Labute approximate surface area is 180 Å². The number of rotatable bonds is 4. The fourth-order valence-electron chi connectivity index (χ4n) is 5.88. The molecule has 31 heavy (non-hydrogen) atoms. The molecule has 6 rings (SSSR count). The summed E-state index contributed by atoms with van der Waals surface area (Å²) >= 11 is 0. The molecule has 1 aromatic carbocycles. The molecule has 0 radical (unpaired) electrons. The zero-order valence-corrected chi connectivity index (χ0v) is 17.5. The molecule has 1 spiro atoms. The molecular formula is C23H27N3O5. The Morgan fingerprint density at radius 3 is 2.68 bits per heavy atom. The van der Waals surface area contributed by atoms with E-state index in [2.05, 4.69) is 10.2 Å². The Morgan fingerprint density at radius 2 is 1.94 bits per heavy atom. The van der Waals surface area contributed by atoms with Gasteiger partial charge in [0.1, 0.15) is 17.9 Å². The van der Waals surface area contributed by atoms with Crippen LogP contribution in [-0.4, -0.2) is 72.0 Å². The topological polar surface area (TPSA) is 88.2 Å². The lowest BCUT2D eigenvalue weighted by molar-refractivity contribution is -0.202. The van der Waals surface area contributed by atoms with Crippen molar-refractivity contribution >= 4 is 17.7 Å². The van der Waals surface area contributed by atoms with Crippen molar-refractivity contribution in [2.24, 2.45) is 5.41 Å². The van der Waals surface area contributed by atoms with Crippen LogP contribution in [0.25, 0.3) is 0 Å². The summed E-state index contributed by atoms with van der Waals surface area (Å²) in [6, 6.07) is 5.49. The van der Waals surface area contributed by atoms with E-state index in [1.54, 1.807) is 4.90 Å². The maximum absolute atomic E-state index is 12.9. The van der Waals surface area contributed by atoms with E-state index in [1.807, 2.05) is 18.2 Å². The third kappa shape index (κ3) is 3.15. The highest BCUT2D eigenvalue weighted by Gasteiger charge is 2.52. The van der Waals surface area contributed by atoms with Gasteiger partial charge in [0.15, 0.2) is 0 Å². The smallest absolute Gasteiger partial charge is 0.255 e. The second-order valence-electron chi connectivity index (χ2n) is 9.77. The molecule has 4 heterocycles. The number of piperidine rings is 1. The van der Waals surface area contributed by atoms with Crippen LogP contribution in [0.3, 0.4) is 0 Å².